The lowest BCUT2D eigenvalue weighted by molar-refractivity contribution is -0.154. The molecule has 2 aliphatic rings. The number of aliphatic hydroxyl groups is 1. The number of amides is 2. The number of likely N-dealkylation sites (tertiary alicyclic amines) is 1. The number of hydrogen-bond acceptors (Lipinski definition) is 3. The average molecular weight is 259 g/mol. The highest BCUT2D eigenvalue weighted by Crippen LogP contribution is 2.38. The van der Waals surface area contributed by atoms with Gasteiger partial charge >= 0.3 is 0 Å². The summed E-state index contributed by atoms with van der Waals surface area (Å²) in [5.74, 6) is -0.223. The van der Waals surface area contributed by atoms with Crippen LogP contribution in [-0.2, 0) is 9.59 Å². The predicted octanol–water partition coefficient (Wildman–Crippen LogP) is 1.51. The predicted molar refractivity (Wildman–Crippen MR) is 69.0 cm³/mol. The summed E-state index contributed by atoms with van der Waals surface area (Å²) >= 11 is 0. The van der Waals surface area contributed by atoms with Crippen molar-refractivity contribution in [2.24, 2.45) is 11.8 Å². The molecule has 4 nitrogen and oxygen atoms in total. The van der Waals surface area contributed by atoms with E-state index in [9.17, 15) is 14.7 Å². The standard InChI is InChI=1S/C15H17NO3/c17-13(10-4-2-1-3-5-10)9-16-14(18)11-6-7-12(8-11)15(16)19/h1-5,11-13,17H,6-9H2. The van der Waals surface area contributed by atoms with Crippen LogP contribution >= 0.6 is 0 Å². The highest BCUT2D eigenvalue weighted by atomic mass is 16.3. The van der Waals surface area contributed by atoms with Gasteiger partial charge in [0, 0.05) is 11.8 Å². The molecule has 1 N–H and O–H groups in total. The van der Waals surface area contributed by atoms with E-state index in [2.05, 4.69) is 0 Å². The third kappa shape index (κ3) is 2.16. The Hall–Kier alpha value is -1.68. The fourth-order valence-corrected chi connectivity index (χ4v) is 3.11. The van der Waals surface area contributed by atoms with Crippen LogP contribution in [0.2, 0.25) is 0 Å². The van der Waals surface area contributed by atoms with Crippen LogP contribution in [0.4, 0.5) is 0 Å². The van der Waals surface area contributed by atoms with Crippen LogP contribution in [0.25, 0.3) is 0 Å². The summed E-state index contributed by atoms with van der Waals surface area (Å²) in [6, 6.07) is 9.15. The highest BCUT2D eigenvalue weighted by Gasteiger charge is 2.45. The molecule has 2 fully saturated rings. The number of hydrogen-bond donors (Lipinski definition) is 1. The smallest absolute Gasteiger partial charge is 0.232 e. The molecule has 1 saturated heterocycles. The Bertz CT molecular complexity index is 477. The summed E-state index contributed by atoms with van der Waals surface area (Å²) in [4.78, 5) is 25.6. The molecule has 0 radical (unpaired) electrons. The summed E-state index contributed by atoms with van der Waals surface area (Å²) in [7, 11) is 0. The molecule has 0 aromatic heterocycles. The first-order valence-electron chi connectivity index (χ1n) is 6.75. The lowest BCUT2D eigenvalue weighted by Gasteiger charge is -2.31. The van der Waals surface area contributed by atoms with Gasteiger partial charge in [0.05, 0.1) is 12.6 Å². The minimum Gasteiger partial charge on any atom is -0.387 e. The maximum atomic E-state index is 12.2. The van der Waals surface area contributed by atoms with Gasteiger partial charge in [0.25, 0.3) is 0 Å². The van der Waals surface area contributed by atoms with Crippen LogP contribution in [0, 0.1) is 11.8 Å². The number of imide groups is 1. The number of piperidine rings is 1. The number of benzene rings is 1. The largest absolute Gasteiger partial charge is 0.387 e. The van der Waals surface area contributed by atoms with Crippen LogP contribution in [0.1, 0.15) is 30.9 Å². The molecule has 1 aromatic carbocycles. The van der Waals surface area contributed by atoms with Crippen LogP contribution in [0.15, 0.2) is 30.3 Å². The van der Waals surface area contributed by atoms with Crippen molar-refractivity contribution in [3.63, 3.8) is 0 Å². The van der Waals surface area contributed by atoms with E-state index in [1.165, 1.54) is 4.90 Å². The number of β-amino-alcohol motifs (C(OH)–C–C–N with tert-alkyl or cyclic N) is 1. The Labute approximate surface area is 112 Å². The zero-order chi connectivity index (χ0) is 13.4. The van der Waals surface area contributed by atoms with Crippen molar-refractivity contribution in [1.29, 1.82) is 0 Å². The van der Waals surface area contributed by atoms with E-state index in [1.807, 2.05) is 18.2 Å². The number of carbonyl (C=O) groups is 2. The Morgan fingerprint density at radius 2 is 1.68 bits per heavy atom. The first kappa shape index (κ1) is 12.4. The van der Waals surface area contributed by atoms with E-state index in [0.29, 0.717) is 6.42 Å². The van der Waals surface area contributed by atoms with E-state index < -0.39 is 6.10 Å². The molecule has 1 aliphatic carbocycles. The molecule has 3 unspecified atom stereocenters. The third-order valence-corrected chi connectivity index (χ3v) is 4.20. The first-order valence-corrected chi connectivity index (χ1v) is 6.75. The maximum absolute atomic E-state index is 12.2. The van der Waals surface area contributed by atoms with Crippen molar-refractivity contribution in [2.45, 2.75) is 25.4 Å². The molecular formula is C15H17NO3. The second kappa shape index (κ2) is 4.78. The maximum Gasteiger partial charge on any atom is 0.232 e. The lowest BCUT2D eigenvalue weighted by Crippen LogP contribution is -2.47. The number of carbonyl (C=O) groups excluding carboxylic acids is 2. The van der Waals surface area contributed by atoms with Crippen molar-refractivity contribution < 1.29 is 14.7 Å². The summed E-state index contributed by atoms with van der Waals surface area (Å²) in [6.45, 7) is 0.0781. The van der Waals surface area contributed by atoms with E-state index in [1.54, 1.807) is 12.1 Å². The van der Waals surface area contributed by atoms with Gasteiger partial charge in [-0.3, -0.25) is 14.5 Å². The fraction of sp³-hybridized carbons (Fsp3) is 0.467. The third-order valence-electron chi connectivity index (χ3n) is 4.20. The van der Waals surface area contributed by atoms with Gasteiger partial charge in [-0.25, -0.2) is 0 Å². The SMILES string of the molecule is O=C1C2CCC(C2)C(=O)N1CC(O)c1ccccc1. The van der Waals surface area contributed by atoms with E-state index in [-0.39, 0.29) is 30.2 Å². The Balaban J connectivity index is 1.76. The molecule has 2 amide bonds. The van der Waals surface area contributed by atoms with Gasteiger partial charge in [0.15, 0.2) is 0 Å². The minimum atomic E-state index is -0.799. The summed E-state index contributed by atoms with van der Waals surface area (Å²) < 4.78 is 0. The van der Waals surface area contributed by atoms with E-state index in [0.717, 1.165) is 18.4 Å². The normalized spacial score (nSPS) is 27.7. The first-order chi connectivity index (χ1) is 9.16. The zero-order valence-corrected chi connectivity index (χ0v) is 10.7. The molecule has 1 aromatic rings. The van der Waals surface area contributed by atoms with Gasteiger partial charge in [-0.1, -0.05) is 30.3 Å². The average Bonchev–Trinajstić information content (AvgIpc) is 2.89. The highest BCUT2D eigenvalue weighted by molar-refractivity contribution is 6.00. The van der Waals surface area contributed by atoms with Crippen LogP contribution in [0.3, 0.4) is 0 Å². The topological polar surface area (TPSA) is 57.6 Å². The molecule has 1 heterocycles. The molecule has 2 bridgehead atoms. The lowest BCUT2D eigenvalue weighted by atomic mass is 9.96. The molecule has 3 rings (SSSR count). The Morgan fingerprint density at radius 3 is 2.26 bits per heavy atom. The molecule has 0 spiro atoms. The van der Waals surface area contributed by atoms with Crippen LogP contribution in [-0.4, -0.2) is 28.4 Å². The van der Waals surface area contributed by atoms with Crippen molar-refractivity contribution in [1.82, 2.24) is 4.90 Å². The number of aliphatic hydroxyl groups excluding tert-OH is 1. The molecule has 4 heteroatoms. The van der Waals surface area contributed by atoms with Gasteiger partial charge in [-0.2, -0.15) is 0 Å². The molecular weight excluding hydrogens is 242 g/mol. The van der Waals surface area contributed by atoms with Gasteiger partial charge in [0.1, 0.15) is 0 Å². The second-order valence-electron chi connectivity index (χ2n) is 5.42. The number of rotatable bonds is 3. The fourth-order valence-electron chi connectivity index (χ4n) is 3.11. The number of fused-ring (bicyclic) bond motifs is 2. The quantitative estimate of drug-likeness (QED) is 0.837. The van der Waals surface area contributed by atoms with Gasteiger partial charge < -0.3 is 5.11 Å². The number of nitrogens with zero attached hydrogens (tertiary/aromatic N) is 1. The Morgan fingerprint density at radius 1 is 1.11 bits per heavy atom. The van der Waals surface area contributed by atoms with E-state index >= 15 is 0 Å². The Kier molecular flexibility index (Phi) is 3.11. The molecule has 1 aliphatic heterocycles. The second-order valence-corrected chi connectivity index (χ2v) is 5.42. The van der Waals surface area contributed by atoms with Crippen molar-refractivity contribution in [2.75, 3.05) is 6.54 Å². The van der Waals surface area contributed by atoms with Crippen molar-refractivity contribution >= 4 is 11.8 Å². The molecule has 1 saturated carbocycles. The van der Waals surface area contributed by atoms with E-state index in [4.69, 9.17) is 0 Å². The van der Waals surface area contributed by atoms with Crippen molar-refractivity contribution in [3.8, 4) is 0 Å². The van der Waals surface area contributed by atoms with Crippen molar-refractivity contribution in [3.05, 3.63) is 35.9 Å². The van der Waals surface area contributed by atoms with Crippen LogP contribution < -0.4 is 0 Å². The minimum absolute atomic E-state index is 0.00864. The van der Waals surface area contributed by atoms with Gasteiger partial charge in [-0.05, 0) is 24.8 Å². The van der Waals surface area contributed by atoms with Crippen LogP contribution in [0.5, 0.6) is 0 Å². The molecule has 100 valence electrons. The summed E-state index contributed by atoms with van der Waals surface area (Å²) in [5.41, 5.74) is 0.737. The van der Waals surface area contributed by atoms with Gasteiger partial charge in [-0.15, -0.1) is 0 Å². The zero-order valence-electron chi connectivity index (χ0n) is 10.7. The summed E-state index contributed by atoms with van der Waals surface area (Å²) in [6.07, 6.45) is 1.53. The molecule has 3 atom stereocenters. The summed E-state index contributed by atoms with van der Waals surface area (Å²) in [5, 5.41) is 10.2. The molecule has 19 heavy (non-hydrogen) atoms. The monoisotopic (exact) mass is 259 g/mol. The van der Waals surface area contributed by atoms with Gasteiger partial charge in [0.2, 0.25) is 11.8 Å².